The molecule has 1 heterocycles. The quantitative estimate of drug-likeness (QED) is 0.729. The van der Waals surface area contributed by atoms with Gasteiger partial charge in [0, 0.05) is 11.3 Å². The van der Waals surface area contributed by atoms with Crippen LogP contribution in [0.5, 0.6) is 5.75 Å². The van der Waals surface area contributed by atoms with Crippen LogP contribution in [0.1, 0.15) is 12.5 Å². The average Bonchev–Trinajstić information content (AvgIpc) is 2.92. The van der Waals surface area contributed by atoms with Crippen LogP contribution in [0.4, 0.5) is 5.69 Å². The molecule has 2 N–H and O–H groups in total. The monoisotopic (exact) mass is 308 g/mol. The van der Waals surface area contributed by atoms with Gasteiger partial charge in [0.15, 0.2) is 0 Å². The summed E-state index contributed by atoms with van der Waals surface area (Å²) in [4.78, 5) is 13.1. The zero-order valence-electron chi connectivity index (χ0n) is 12.9. The van der Waals surface area contributed by atoms with Crippen molar-refractivity contribution >= 4 is 22.6 Å². The zero-order valence-corrected chi connectivity index (χ0v) is 12.9. The number of nitrogens with one attached hydrogen (secondary N) is 1. The number of phenols is 1. The van der Waals surface area contributed by atoms with Crippen molar-refractivity contribution in [1.82, 2.24) is 15.0 Å². The Bertz CT molecular complexity index is 927. The van der Waals surface area contributed by atoms with Gasteiger partial charge in [-0.2, -0.15) is 0 Å². The summed E-state index contributed by atoms with van der Waals surface area (Å²) in [5.41, 5.74) is 3.58. The number of anilines is 1. The molecule has 0 fully saturated rings. The topological polar surface area (TPSA) is 80.0 Å². The highest BCUT2D eigenvalue weighted by molar-refractivity contribution is 6.03. The second kappa shape index (κ2) is 5.57. The highest BCUT2D eigenvalue weighted by atomic mass is 16.3. The highest BCUT2D eigenvalue weighted by Gasteiger charge is 2.11. The number of para-hydroxylation sites is 1. The van der Waals surface area contributed by atoms with E-state index in [9.17, 15) is 9.90 Å². The molecule has 0 radical (unpaired) electrons. The summed E-state index contributed by atoms with van der Waals surface area (Å²) < 4.78 is 0. The fourth-order valence-corrected chi connectivity index (χ4v) is 2.14. The van der Waals surface area contributed by atoms with Crippen molar-refractivity contribution in [2.75, 3.05) is 5.32 Å². The van der Waals surface area contributed by atoms with Crippen molar-refractivity contribution in [1.29, 1.82) is 0 Å². The Labute approximate surface area is 133 Å². The summed E-state index contributed by atoms with van der Waals surface area (Å²) in [5.74, 6) is -0.100. The van der Waals surface area contributed by atoms with Gasteiger partial charge >= 0.3 is 0 Å². The number of aromatic hydroxyl groups is 1. The molecule has 0 atom stereocenters. The number of fused-ring (bicyclic) bond motifs is 1. The predicted octanol–water partition coefficient (Wildman–Crippen LogP) is 2.95. The van der Waals surface area contributed by atoms with Gasteiger partial charge in [0.05, 0.1) is 0 Å². The third-order valence-electron chi connectivity index (χ3n) is 3.46. The number of benzene rings is 2. The number of hydrogen-bond acceptors (Lipinski definition) is 4. The van der Waals surface area contributed by atoms with E-state index < -0.39 is 0 Å². The number of phenolic OH excluding ortho intramolecular Hbond substituents is 1. The van der Waals surface area contributed by atoms with Crippen LogP contribution >= 0.6 is 0 Å². The smallest absolute Gasteiger partial charge is 0.250 e. The van der Waals surface area contributed by atoms with Crippen LogP contribution in [-0.2, 0) is 4.79 Å². The minimum absolute atomic E-state index is 0.142. The number of rotatable bonds is 3. The summed E-state index contributed by atoms with van der Waals surface area (Å²) in [6.07, 6.45) is 0. The number of amides is 1. The molecule has 3 aromatic rings. The first-order chi connectivity index (χ1) is 11.0. The fourth-order valence-electron chi connectivity index (χ4n) is 2.14. The molecule has 0 aliphatic rings. The van der Waals surface area contributed by atoms with Gasteiger partial charge in [0.2, 0.25) is 0 Å². The molecule has 1 amide bonds. The highest BCUT2D eigenvalue weighted by Crippen LogP contribution is 2.25. The minimum Gasteiger partial charge on any atom is -0.505 e. The lowest BCUT2D eigenvalue weighted by Gasteiger charge is -2.04. The van der Waals surface area contributed by atoms with Crippen LogP contribution < -0.4 is 5.32 Å². The van der Waals surface area contributed by atoms with E-state index in [4.69, 9.17) is 0 Å². The van der Waals surface area contributed by atoms with Crippen LogP contribution in [0.3, 0.4) is 0 Å². The van der Waals surface area contributed by atoms with Crippen LogP contribution in [0.25, 0.3) is 16.7 Å². The Morgan fingerprint density at radius 1 is 1.22 bits per heavy atom. The molecule has 3 rings (SSSR count). The van der Waals surface area contributed by atoms with Gasteiger partial charge in [0.1, 0.15) is 22.5 Å². The van der Waals surface area contributed by atoms with Gasteiger partial charge in [-0.25, -0.2) is 0 Å². The molecule has 0 aliphatic heterocycles. The van der Waals surface area contributed by atoms with Crippen molar-refractivity contribution in [3.63, 3.8) is 0 Å². The van der Waals surface area contributed by atoms with Gasteiger partial charge < -0.3 is 10.4 Å². The van der Waals surface area contributed by atoms with E-state index in [0.717, 1.165) is 5.56 Å². The number of aryl methyl sites for hydroxylation is 1. The molecule has 116 valence electrons. The maximum absolute atomic E-state index is 11.7. The molecular formula is C17H16N4O2. The van der Waals surface area contributed by atoms with E-state index in [0.29, 0.717) is 28.0 Å². The Morgan fingerprint density at radius 2 is 1.96 bits per heavy atom. The second-order valence-corrected chi connectivity index (χ2v) is 5.37. The third kappa shape index (κ3) is 2.78. The van der Waals surface area contributed by atoms with Crippen LogP contribution in [0.15, 0.2) is 48.6 Å². The number of aromatic nitrogens is 3. The minimum atomic E-state index is -0.243. The second-order valence-electron chi connectivity index (χ2n) is 5.37. The van der Waals surface area contributed by atoms with E-state index in [2.05, 4.69) is 22.1 Å². The molecule has 0 aliphatic carbocycles. The number of carbonyl (C=O) groups is 1. The molecule has 0 spiro atoms. The van der Waals surface area contributed by atoms with Gasteiger partial charge in [0.25, 0.3) is 5.91 Å². The normalized spacial score (nSPS) is 10.7. The maximum Gasteiger partial charge on any atom is 0.250 e. The summed E-state index contributed by atoms with van der Waals surface area (Å²) >= 11 is 0. The molecule has 0 bridgehead atoms. The Kier molecular flexibility index (Phi) is 3.57. The molecule has 0 saturated carbocycles. The van der Waals surface area contributed by atoms with Crippen molar-refractivity contribution < 1.29 is 9.90 Å². The Balaban J connectivity index is 2.01. The standard InChI is InChI=1S/C17H16N4O2/c1-10(2)17(23)18-12-7-8-13-14(9-12)20-21(19-13)15-6-4-5-11(3)16(15)22/h4-9,22H,1H2,2-3H3,(H,18,23). The van der Waals surface area contributed by atoms with Gasteiger partial charge in [-0.3, -0.25) is 4.79 Å². The Hall–Kier alpha value is -3.15. The lowest BCUT2D eigenvalue weighted by atomic mass is 10.2. The molecule has 6 heteroatoms. The largest absolute Gasteiger partial charge is 0.505 e. The van der Waals surface area contributed by atoms with E-state index in [1.807, 2.05) is 19.1 Å². The molecule has 0 saturated heterocycles. The number of nitrogens with zero attached hydrogens (tertiary/aromatic N) is 3. The lowest BCUT2D eigenvalue weighted by Crippen LogP contribution is -2.11. The van der Waals surface area contributed by atoms with E-state index in [1.54, 1.807) is 31.2 Å². The van der Waals surface area contributed by atoms with Gasteiger partial charge in [-0.05, 0) is 43.7 Å². The first-order valence-electron chi connectivity index (χ1n) is 7.08. The summed E-state index contributed by atoms with van der Waals surface area (Å²) in [6.45, 7) is 7.06. The van der Waals surface area contributed by atoms with Crippen LogP contribution in [-0.4, -0.2) is 26.0 Å². The number of hydrogen-bond donors (Lipinski definition) is 2. The fraction of sp³-hybridized carbons (Fsp3) is 0.118. The molecule has 0 unspecified atom stereocenters. The Morgan fingerprint density at radius 3 is 2.70 bits per heavy atom. The third-order valence-corrected chi connectivity index (χ3v) is 3.46. The van der Waals surface area contributed by atoms with Crippen molar-refractivity contribution in [3.8, 4) is 11.4 Å². The van der Waals surface area contributed by atoms with Gasteiger partial charge in [-0.1, -0.05) is 18.7 Å². The van der Waals surface area contributed by atoms with Crippen molar-refractivity contribution in [3.05, 3.63) is 54.1 Å². The summed E-state index contributed by atoms with van der Waals surface area (Å²) in [7, 11) is 0. The van der Waals surface area contributed by atoms with Gasteiger partial charge in [-0.15, -0.1) is 15.0 Å². The first-order valence-corrected chi connectivity index (χ1v) is 7.08. The molecule has 1 aromatic heterocycles. The molecule has 23 heavy (non-hydrogen) atoms. The van der Waals surface area contributed by atoms with E-state index >= 15 is 0 Å². The van der Waals surface area contributed by atoms with Crippen molar-refractivity contribution in [2.24, 2.45) is 0 Å². The SMILES string of the molecule is C=C(C)C(=O)Nc1ccc2nn(-c3cccc(C)c3O)nc2c1. The van der Waals surface area contributed by atoms with E-state index in [-0.39, 0.29) is 11.7 Å². The summed E-state index contributed by atoms with van der Waals surface area (Å²) in [5, 5.41) is 21.6. The molecular weight excluding hydrogens is 292 g/mol. The molecule has 2 aromatic carbocycles. The maximum atomic E-state index is 11.7. The van der Waals surface area contributed by atoms with Crippen molar-refractivity contribution in [2.45, 2.75) is 13.8 Å². The average molecular weight is 308 g/mol. The number of carbonyl (C=O) groups excluding carboxylic acids is 1. The van der Waals surface area contributed by atoms with Crippen LogP contribution in [0, 0.1) is 6.92 Å². The summed E-state index contributed by atoms with van der Waals surface area (Å²) in [6, 6.07) is 10.6. The first kappa shape index (κ1) is 14.8. The van der Waals surface area contributed by atoms with Crippen LogP contribution in [0.2, 0.25) is 0 Å². The molecule has 6 nitrogen and oxygen atoms in total. The lowest BCUT2D eigenvalue weighted by molar-refractivity contribution is -0.112. The zero-order chi connectivity index (χ0) is 16.6. The van der Waals surface area contributed by atoms with E-state index in [1.165, 1.54) is 4.80 Å². The predicted molar refractivity (Wildman–Crippen MR) is 88.7 cm³/mol.